The van der Waals surface area contributed by atoms with Gasteiger partial charge in [0.1, 0.15) is 5.60 Å². The zero-order valence-electron chi connectivity index (χ0n) is 18.3. The molecule has 3 nitrogen and oxygen atoms in total. The normalized spacial score (nSPS) is 15.3. The van der Waals surface area contributed by atoms with Gasteiger partial charge in [0.05, 0.1) is 18.8 Å². The Hall–Kier alpha value is -0.320. The van der Waals surface area contributed by atoms with E-state index in [4.69, 9.17) is 9.47 Å². The van der Waals surface area contributed by atoms with Crippen LogP contribution in [0, 0.1) is 5.92 Å². The molecule has 0 aromatic carbocycles. The highest BCUT2D eigenvalue weighted by Crippen LogP contribution is 2.46. The molecule has 0 aliphatic heterocycles. The van der Waals surface area contributed by atoms with Crippen LogP contribution in [0.2, 0.25) is 0 Å². The summed E-state index contributed by atoms with van der Waals surface area (Å²) in [5.74, 6) is 1.74. The van der Waals surface area contributed by atoms with E-state index < -0.39 is 15.6 Å². The number of hydrogen-bond acceptors (Lipinski definition) is 3. The summed E-state index contributed by atoms with van der Waals surface area (Å²) in [4.78, 5) is 12.1. The van der Waals surface area contributed by atoms with Crippen LogP contribution in [0.3, 0.4) is 0 Å². The summed E-state index contributed by atoms with van der Waals surface area (Å²) in [5.41, 5.74) is -0.544. The highest BCUT2D eigenvalue weighted by molar-refractivity contribution is 8.33. The molecule has 150 valence electrons. The monoisotopic (exact) mass is 374 g/mol. The average Bonchev–Trinajstić information content (AvgIpc) is 2.43. The smallest absolute Gasteiger partial charge is 0.189 e. The Labute approximate surface area is 158 Å². The summed E-state index contributed by atoms with van der Waals surface area (Å²) in [7, 11) is -0.570. The van der Waals surface area contributed by atoms with Gasteiger partial charge in [-0.2, -0.15) is 0 Å². The lowest BCUT2D eigenvalue weighted by Crippen LogP contribution is -2.38. The minimum absolute atomic E-state index is 0.0428. The van der Waals surface area contributed by atoms with Gasteiger partial charge >= 0.3 is 0 Å². The zero-order valence-corrected chi connectivity index (χ0v) is 19.1. The van der Waals surface area contributed by atoms with Crippen molar-refractivity contribution in [2.45, 2.75) is 78.3 Å². The highest BCUT2D eigenvalue weighted by Gasteiger charge is 2.30. The maximum absolute atomic E-state index is 12.1. The van der Waals surface area contributed by atoms with E-state index in [1.54, 1.807) is 20.8 Å². The van der Waals surface area contributed by atoms with Crippen molar-refractivity contribution in [3.05, 3.63) is 12.2 Å². The lowest BCUT2D eigenvalue weighted by atomic mass is 9.98. The third-order valence-electron chi connectivity index (χ3n) is 4.85. The van der Waals surface area contributed by atoms with E-state index in [2.05, 4.69) is 53.7 Å². The van der Waals surface area contributed by atoms with Gasteiger partial charge in [-0.25, -0.2) is 10.0 Å². The number of carbonyl (C=O) groups is 1. The Morgan fingerprint density at radius 1 is 1.08 bits per heavy atom. The summed E-state index contributed by atoms with van der Waals surface area (Å²) in [6, 6.07) is 0. The first-order valence-electron chi connectivity index (χ1n) is 9.29. The van der Waals surface area contributed by atoms with Crippen LogP contribution in [0.15, 0.2) is 12.2 Å². The van der Waals surface area contributed by atoms with Gasteiger partial charge in [-0.15, -0.1) is 0 Å². The SMILES string of the molecule is C=C(C)C(=O)C(C)(C)OCCC(C)(C)OCC(C)CS(C)(C)C(C)C. The van der Waals surface area contributed by atoms with E-state index in [-0.39, 0.29) is 11.4 Å². The molecule has 0 heterocycles. The first-order chi connectivity index (χ1) is 11.1. The number of ketones is 1. The molecule has 0 rings (SSSR count). The van der Waals surface area contributed by atoms with Gasteiger partial charge in [-0.1, -0.05) is 27.4 Å². The maximum atomic E-state index is 12.1. The van der Waals surface area contributed by atoms with E-state index in [0.29, 0.717) is 18.1 Å². The Kier molecular flexibility index (Phi) is 9.45. The summed E-state index contributed by atoms with van der Waals surface area (Å²) < 4.78 is 12.0. The third-order valence-corrected chi connectivity index (χ3v) is 8.83. The fourth-order valence-electron chi connectivity index (χ4n) is 2.55. The Morgan fingerprint density at radius 3 is 2.04 bits per heavy atom. The van der Waals surface area contributed by atoms with Crippen molar-refractivity contribution in [3.63, 3.8) is 0 Å². The van der Waals surface area contributed by atoms with E-state index in [1.807, 2.05) is 0 Å². The van der Waals surface area contributed by atoms with E-state index in [1.165, 1.54) is 5.75 Å². The number of rotatable bonds is 12. The van der Waals surface area contributed by atoms with Crippen LogP contribution in [0.4, 0.5) is 0 Å². The van der Waals surface area contributed by atoms with Crippen LogP contribution in [0.25, 0.3) is 0 Å². The summed E-state index contributed by atoms with van der Waals surface area (Å²) in [6.45, 7) is 21.4. The Balaban J connectivity index is 4.38. The second-order valence-electron chi connectivity index (χ2n) is 9.23. The molecule has 0 spiro atoms. The molecule has 0 aliphatic carbocycles. The van der Waals surface area contributed by atoms with Crippen LogP contribution in [-0.4, -0.2) is 53.7 Å². The first kappa shape index (κ1) is 24.7. The summed E-state index contributed by atoms with van der Waals surface area (Å²) in [6.07, 6.45) is 5.58. The molecule has 1 atom stereocenters. The molecule has 0 amide bonds. The van der Waals surface area contributed by atoms with Crippen molar-refractivity contribution >= 4 is 15.8 Å². The first-order valence-corrected chi connectivity index (χ1v) is 12.0. The minimum Gasteiger partial charge on any atom is -0.375 e. The van der Waals surface area contributed by atoms with Gasteiger partial charge < -0.3 is 9.47 Å². The second kappa shape index (κ2) is 9.57. The lowest BCUT2D eigenvalue weighted by Gasteiger charge is -2.39. The van der Waals surface area contributed by atoms with Crippen molar-refractivity contribution in [1.29, 1.82) is 0 Å². The summed E-state index contributed by atoms with van der Waals surface area (Å²) in [5, 5.41) is 0.740. The van der Waals surface area contributed by atoms with Crippen LogP contribution >= 0.6 is 10.0 Å². The molecule has 0 aliphatic rings. The Bertz CT molecular complexity index is 450. The topological polar surface area (TPSA) is 35.5 Å². The van der Waals surface area contributed by atoms with Crippen molar-refractivity contribution in [2.24, 2.45) is 5.92 Å². The average molecular weight is 375 g/mol. The van der Waals surface area contributed by atoms with Gasteiger partial charge in [0.15, 0.2) is 5.78 Å². The third kappa shape index (κ3) is 9.25. The van der Waals surface area contributed by atoms with Crippen molar-refractivity contribution < 1.29 is 14.3 Å². The quantitative estimate of drug-likeness (QED) is 0.439. The number of Topliss-reactive ketones (excluding diaryl/α,β-unsaturated/α-hetero) is 1. The predicted molar refractivity (Wildman–Crippen MR) is 113 cm³/mol. The molecule has 0 saturated heterocycles. The van der Waals surface area contributed by atoms with Crippen molar-refractivity contribution in [1.82, 2.24) is 0 Å². The van der Waals surface area contributed by atoms with E-state index >= 15 is 0 Å². The highest BCUT2D eigenvalue weighted by atomic mass is 32.3. The van der Waals surface area contributed by atoms with Crippen molar-refractivity contribution in [2.75, 3.05) is 31.5 Å². The molecule has 0 fully saturated rings. The molecule has 0 radical (unpaired) electrons. The second-order valence-corrected chi connectivity index (χ2v) is 13.8. The minimum atomic E-state index is -0.820. The Morgan fingerprint density at radius 2 is 1.60 bits per heavy atom. The molecule has 4 heteroatoms. The number of carbonyl (C=O) groups excluding carboxylic acids is 1. The molecular weight excluding hydrogens is 332 g/mol. The number of ether oxygens (including phenoxy) is 2. The lowest BCUT2D eigenvalue weighted by molar-refractivity contribution is -0.139. The molecular formula is C21H42O3S. The van der Waals surface area contributed by atoms with Crippen LogP contribution in [-0.2, 0) is 14.3 Å². The van der Waals surface area contributed by atoms with Gasteiger partial charge in [-0.05, 0) is 76.0 Å². The zero-order chi connectivity index (χ0) is 20.1. The fraction of sp³-hybridized carbons (Fsp3) is 0.857. The van der Waals surface area contributed by atoms with Crippen LogP contribution in [0.5, 0.6) is 0 Å². The van der Waals surface area contributed by atoms with Crippen molar-refractivity contribution in [3.8, 4) is 0 Å². The predicted octanol–water partition coefficient (Wildman–Crippen LogP) is 5.22. The van der Waals surface area contributed by atoms with Gasteiger partial charge in [0, 0.05) is 0 Å². The van der Waals surface area contributed by atoms with Gasteiger partial charge in [-0.3, -0.25) is 4.79 Å². The maximum Gasteiger partial charge on any atom is 0.189 e. The molecule has 0 bridgehead atoms. The summed E-state index contributed by atoms with van der Waals surface area (Å²) >= 11 is 0. The fourth-order valence-corrected chi connectivity index (χ4v) is 4.49. The molecule has 0 N–H and O–H groups in total. The largest absolute Gasteiger partial charge is 0.375 e. The molecule has 0 aromatic heterocycles. The molecule has 0 aromatic rings. The molecule has 1 unspecified atom stereocenters. The molecule has 0 saturated carbocycles. The van der Waals surface area contributed by atoms with Gasteiger partial charge in [0.25, 0.3) is 0 Å². The van der Waals surface area contributed by atoms with Gasteiger partial charge in [0.2, 0.25) is 0 Å². The van der Waals surface area contributed by atoms with Crippen LogP contribution in [0.1, 0.15) is 61.8 Å². The standard InChI is InChI=1S/C21H42O3S/c1-16(2)19(22)21(8,9)23-13-12-20(6,7)24-14-18(5)15-25(10,11)17(3)4/h17-18H,1,12-15H2,2-11H3. The van der Waals surface area contributed by atoms with E-state index in [9.17, 15) is 4.79 Å². The number of hydrogen-bond donors (Lipinski definition) is 0. The molecule has 25 heavy (non-hydrogen) atoms. The van der Waals surface area contributed by atoms with E-state index in [0.717, 1.165) is 18.3 Å². The van der Waals surface area contributed by atoms with Crippen LogP contribution < -0.4 is 0 Å².